The van der Waals surface area contributed by atoms with Gasteiger partial charge in [-0.05, 0) is 36.5 Å². The molecular weight excluding hydrogens is 406 g/mol. The summed E-state index contributed by atoms with van der Waals surface area (Å²) >= 11 is 0. The maximum Gasteiger partial charge on any atom is 0.336 e. The van der Waals surface area contributed by atoms with Crippen LogP contribution in [-0.4, -0.2) is 39.0 Å². The molecule has 4 atom stereocenters. The number of aromatic carboxylic acids is 1. The summed E-state index contributed by atoms with van der Waals surface area (Å²) in [5.41, 5.74) is -0.481. The van der Waals surface area contributed by atoms with Crippen LogP contribution in [0.2, 0.25) is 0 Å². The fourth-order valence-electron chi connectivity index (χ4n) is 4.72. The van der Waals surface area contributed by atoms with Gasteiger partial charge < -0.3 is 9.52 Å². The lowest BCUT2D eigenvalue weighted by atomic mass is 9.85. The summed E-state index contributed by atoms with van der Waals surface area (Å²) in [6.45, 7) is 0. The smallest absolute Gasteiger partial charge is 0.336 e. The number of nitrogens with zero attached hydrogens (tertiary/aromatic N) is 3. The normalized spacial score (nSPS) is 26.3. The molecular formula is C21H15N3O7. The van der Waals surface area contributed by atoms with Crippen LogP contribution in [0.1, 0.15) is 22.5 Å². The van der Waals surface area contributed by atoms with Crippen molar-refractivity contribution in [2.75, 3.05) is 0 Å². The zero-order valence-corrected chi connectivity index (χ0v) is 15.9. The lowest BCUT2D eigenvalue weighted by Gasteiger charge is -2.13. The number of rotatable bonds is 5. The van der Waals surface area contributed by atoms with Crippen molar-refractivity contribution in [3.63, 3.8) is 0 Å². The molecule has 1 aliphatic heterocycles. The van der Waals surface area contributed by atoms with Gasteiger partial charge in [-0.25, -0.2) is 4.79 Å². The number of fused-ring (bicyclic) bond motifs is 5. The van der Waals surface area contributed by atoms with E-state index in [-0.39, 0.29) is 63.8 Å². The molecule has 10 nitrogen and oxygen atoms in total. The molecule has 2 aliphatic carbocycles. The minimum atomic E-state index is -1.34. The van der Waals surface area contributed by atoms with Crippen LogP contribution in [0.4, 0.5) is 5.69 Å². The van der Waals surface area contributed by atoms with E-state index < -0.39 is 10.9 Å². The summed E-state index contributed by atoms with van der Waals surface area (Å²) in [5.74, 6) is -2.17. The Morgan fingerprint density at radius 1 is 1.16 bits per heavy atom. The van der Waals surface area contributed by atoms with E-state index in [0.29, 0.717) is 0 Å². The molecule has 0 unspecified atom stereocenters. The van der Waals surface area contributed by atoms with Gasteiger partial charge in [0.1, 0.15) is 11.5 Å². The molecule has 156 valence electrons. The van der Waals surface area contributed by atoms with Crippen molar-refractivity contribution in [1.82, 2.24) is 5.01 Å². The lowest BCUT2D eigenvalue weighted by molar-refractivity contribution is -0.384. The van der Waals surface area contributed by atoms with E-state index in [1.54, 1.807) is 0 Å². The van der Waals surface area contributed by atoms with Gasteiger partial charge in [-0.3, -0.25) is 19.7 Å². The monoisotopic (exact) mass is 421 g/mol. The number of non-ortho nitro benzene ring substituents is 1. The van der Waals surface area contributed by atoms with Gasteiger partial charge in [0.15, 0.2) is 0 Å². The Kier molecular flexibility index (Phi) is 4.10. The average molecular weight is 421 g/mol. The van der Waals surface area contributed by atoms with Crippen LogP contribution < -0.4 is 0 Å². The maximum atomic E-state index is 12.6. The second-order valence-electron chi connectivity index (χ2n) is 7.73. The lowest BCUT2D eigenvalue weighted by Crippen LogP contribution is -2.28. The topological polar surface area (TPSA) is 143 Å². The largest absolute Gasteiger partial charge is 0.478 e. The van der Waals surface area contributed by atoms with Crippen LogP contribution in [0.25, 0.3) is 11.3 Å². The molecule has 2 heterocycles. The van der Waals surface area contributed by atoms with Crippen LogP contribution in [0.15, 0.2) is 52.0 Å². The number of benzene rings is 1. The third-order valence-corrected chi connectivity index (χ3v) is 6.08. The van der Waals surface area contributed by atoms with E-state index in [1.807, 2.05) is 12.2 Å². The average Bonchev–Trinajstić information content (AvgIpc) is 3.51. The van der Waals surface area contributed by atoms with Gasteiger partial charge in [0, 0.05) is 17.7 Å². The van der Waals surface area contributed by atoms with Gasteiger partial charge in [0.2, 0.25) is 0 Å². The Balaban J connectivity index is 1.39. The third kappa shape index (κ3) is 2.87. The number of carboxylic acid groups (broad SMARTS) is 1. The first kappa shape index (κ1) is 18.9. The molecule has 2 bridgehead atoms. The summed E-state index contributed by atoms with van der Waals surface area (Å²) in [6, 6.07) is 6.42. The number of hydrogen-bond donors (Lipinski definition) is 1. The highest BCUT2D eigenvalue weighted by Crippen LogP contribution is 2.52. The standard InChI is InChI=1S/C21H15N3O7/c25-19-17-10-1-2-11(7-10)18(17)20(26)23(19)22-9-13-4-6-16(31-13)14-5-3-12(24(29)30)8-15(14)21(27)28/h1-6,8-11,17-18H,7H2,(H,27,28)/b22-9-/t10-,11-,17+,18+/m0/s1. The van der Waals surface area contributed by atoms with Crippen molar-refractivity contribution in [2.45, 2.75) is 6.42 Å². The highest BCUT2D eigenvalue weighted by atomic mass is 16.6. The van der Waals surface area contributed by atoms with Gasteiger partial charge in [-0.1, -0.05) is 12.2 Å². The Labute approximate surface area is 174 Å². The molecule has 2 fully saturated rings. The summed E-state index contributed by atoms with van der Waals surface area (Å²) in [5, 5.41) is 25.2. The molecule has 0 spiro atoms. The van der Waals surface area contributed by atoms with Crippen molar-refractivity contribution in [2.24, 2.45) is 28.8 Å². The van der Waals surface area contributed by atoms with E-state index in [1.165, 1.54) is 30.5 Å². The summed E-state index contributed by atoms with van der Waals surface area (Å²) in [6.07, 6.45) is 6.04. The third-order valence-electron chi connectivity index (χ3n) is 6.08. The number of imide groups is 1. The van der Waals surface area contributed by atoms with E-state index in [9.17, 15) is 29.6 Å². The molecule has 2 amide bonds. The number of nitro groups is 1. The van der Waals surface area contributed by atoms with Crippen molar-refractivity contribution in [3.05, 3.63) is 63.9 Å². The van der Waals surface area contributed by atoms with Crippen molar-refractivity contribution in [3.8, 4) is 11.3 Å². The molecule has 1 aromatic carbocycles. The minimum absolute atomic E-state index is 0.0819. The predicted octanol–water partition coefficient (Wildman–Crippen LogP) is 2.69. The maximum absolute atomic E-state index is 12.6. The summed E-state index contributed by atoms with van der Waals surface area (Å²) < 4.78 is 5.60. The van der Waals surface area contributed by atoms with Crippen molar-refractivity contribution >= 4 is 29.7 Å². The molecule has 1 aromatic heterocycles. The number of allylic oxidation sites excluding steroid dienone is 2. The van der Waals surface area contributed by atoms with Crippen LogP contribution in [0.5, 0.6) is 0 Å². The molecule has 1 saturated heterocycles. The highest BCUT2D eigenvalue weighted by Gasteiger charge is 2.59. The number of carbonyl (C=O) groups is 3. The Morgan fingerprint density at radius 3 is 2.45 bits per heavy atom. The number of nitro benzene ring substituents is 1. The molecule has 3 aliphatic rings. The molecule has 0 radical (unpaired) electrons. The number of hydrazone groups is 1. The number of amides is 2. The fraction of sp³-hybridized carbons (Fsp3) is 0.238. The van der Waals surface area contributed by atoms with Gasteiger partial charge in [0.05, 0.1) is 28.5 Å². The number of furan rings is 1. The SMILES string of the molecule is O=C(O)c1cc([N+](=O)[O-])ccc1-c1ccc(/C=N\N2C(=O)[C@H]3[C@H](C2=O)[C@H]2C=C[C@H]3C2)o1. The summed E-state index contributed by atoms with van der Waals surface area (Å²) in [7, 11) is 0. The fourth-order valence-corrected chi connectivity index (χ4v) is 4.72. The van der Waals surface area contributed by atoms with Crippen molar-refractivity contribution < 1.29 is 28.8 Å². The van der Waals surface area contributed by atoms with Gasteiger partial charge in [0.25, 0.3) is 17.5 Å². The molecule has 2 aromatic rings. The predicted molar refractivity (Wildman–Crippen MR) is 105 cm³/mol. The molecule has 31 heavy (non-hydrogen) atoms. The van der Waals surface area contributed by atoms with E-state index >= 15 is 0 Å². The number of carbonyl (C=O) groups excluding carboxylic acids is 2. The molecule has 5 rings (SSSR count). The van der Waals surface area contributed by atoms with Gasteiger partial charge in [-0.2, -0.15) is 10.1 Å². The quantitative estimate of drug-likeness (QED) is 0.257. The first-order valence-corrected chi connectivity index (χ1v) is 9.57. The molecule has 1 N–H and O–H groups in total. The first-order valence-electron chi connectivity index (χ1n) is 9.57. The van der Waals surface area contributed by atoms with Crippen LogP contribution in [-0.2, 0) is 9.59 Å². The number of hydrogen-bond acceptors (Lipinski definition) is 7. The first-order chi connectivity index (χ1) is 14.8. The highest BCUT2D eigenvalue weighted by molar-refractivity contribution is 6.06. The summed E-state index contributed by atoms with van der Waals surface area (Å²) in [4.78, 5) is 47.1. The van der Waals surface area contributed by atoms with Crippen LogP contribution in [0.3, 0.4) is 0 Å². The number of carboxylic acids is 1. The molecule has 1 saturated carbocycles. The minimum Gasteiger partial charge on any atom is -0.478 e. The van der Waals surface area contributed by atoms with Crippen molar-refractivity contribution in [1.29, 1.82) is 0 Å². The Hall–Kier alpha value is -4.08. The van der Waals surface area contributed by atoms with Gasteiger partial charge >= 0.3 is 5.97 Å². The zero-order chi connectivity index (χ0) is 21.9. The van der Waals surface area contributed by atoms with E-state index in [0.717, 1.165) is 17.5 Å². The van der Waals surface area contributed by atoms with E-state index in [4.69, 9.17) is 4.42 Å². The zero-order valence-electron chi connectivity index (χ0n) is 15.9. The van der Waals surface area contributed by atoms with Crippen LogP contribution in [0, 0.1) is 33.8 Å². The van der Waals surface area contributed by atoms with E-state index in [2.05, 4.69) is 5.10 Å². The molecule has 10 heteroatoms. The van der Waals surface area contributed by atoms with Crippen LogP contribution >= 0.6 is 0 Å². The second kappa shape index (κ2) is 6.73. The second-order valence-corrected chi connectivity index (χ2v) is 7.73. The Bertz CT molecular complexity index is 1180. The van der Waals surface area contributed by atoms with Gasteiger partial charge in [-0.15, -0.1) is 0 Å². The Morgan fingerprint density at radius 2 is 1.84 bits per heavy atom.